The van der Waals surface area contributed by atoms with Gasteiger partial charge in [0.2, 0.25) is 0 Å². The van der Waals surface area contributed by atoms with Crippen LogP contribution in [0.25, 0.3) is 0 Å². The van der Waals surface area contributed by atoms with Crippen molar-refractivity contribution in [3.05, 3.63) is 47.5 Å². The van der Waals surface area contributed by atoms with E-state index in [2.05, 4.69) is 53.8 Å². The van der Waals surface area contributed by atoms with Gasteiger partial charge in [0.15, 0.2) is 5.96 Å². The highest BCUT2D eigenvalue weighted by Crippen LogP contribution is 2.25. The highest BCUT2D eigenvalue weighted by Gasteiger charge is 2.24. The van der Waals surface area contributed by atoms with Crippen molar-refractivity contribution in [2.24, 2.45) is 4.99 Å². The fourth-order valence-corrected chi connectivity index (χ4v) is 2.71. The predicted octanol–water partition coefficient (Wildman–Crippen LogP) is 3.06. The summed E-state index contributed by atoms with van der Waals surface area (Å²) in [7, 11) is 1.81. The minimum Gasteiger partial charge on any atom is -0.370 e. The highest BCUT2D eigenvalue weighted by molar-refractivity contribution is 14.0. The summed E-state index contributed by atoms with van der Waals surface area (Å²) in [5.41, 5.74) is 3.84. The first kappa shape index (κ1) is 19.0. The summed E-state index contributed by atoms with van der Waals surface area (Å²) in [6.07, 6.45) is 1.94. The van der Waals surface area contributed by atoms with Gasteiger partial charge in [-0.3, -0.25) is 4.99 Å². The van der Waals surface area contributed by atoms with Crippen LogP contribution in [0.4, 0.5) is 0 Å². The Hall–Kier alpha value is -1.08. The Labute approximate surface area is 150 Å². The van der Waals surface area contributed by atoms with Crippen molar-refractivity contribution in [2.45, 2.75) is 20.0 Å². The summed E-state index contributed by atoms with van der Waals surface area (Å²) in [6.45, 7) is 11.1. The van der Waals surface area contributed by atoms with Gasteiger partial charge in [-0.05, 0) is 25.0 Å². The zero-order valence-electron chi connectivity index (χ0n) is 13.6. The summed E-state index contributed by atoms with van der Waals surface area (Å²) in [4.78, 5) is 6.59. The zero-order valence-corrected chi connectivity index (χ0v) is 16.0. The van der Waals surface area contributed by atoms with Crippen LogP contribution in [0.15, 0.2) is 35.8 Å². The monoisotopic (exact) mass is 415 g/mol. The minimum absolute atomic E-state index is 0. The third-order valence-corrected chi connectivity index (χ3v) is 3.75. The number of guanidine groups is 1. The zero-order chi connectivity index (χ0) is 15.2. The van der Waals surface area contributed by atoms with Crippen molar-refractivity contribution in [3.63, 3.8) is 0 Å². The maximum atomic E-state index is 5.97. The Kier molecular flexibility index (Phi) is 7.89. The van der Waals surface area contributed by atoms with E-state index in [9.17, 15) is 0 Å². The maximum Gasteiger partial charge on any atom is 0.194 e. The molecule has 122 valence electrons. The number of hydrogen-bond acceptors (Lipinski definition) is 2. The summed E-state index contributed by atoms with van der Waals surface area (Å²) >= 11 is 0. The van der Waals surface area contributed by atoms with E-state index in [1.54, 1.807) is 0 Å². The van der Waals surface area contributed by atoms with Crippen LogP contribution in [0.3, 0.4) is 0 Å². The third-order valence-electron chi connectivity index (χ3n) is 3.75. The summed E-state index contributed by atoms with van der Waals surface area (Å²) in [5.74, 6) is 0.910. The van der Waals surface area contributed by atoms with E-state index in [1.807, 2.05) is 13.1 Å². The molecule has 1 unspecified atom stereocenters. The second-order valence-electron chi connectivity index (χ2n) is 5.38. The normalized spacial score (nSPS) is 18.6. The molecular formula is C17H26IN3O. The van der Waals surface area contributed by atoms with Crippen molar-refractivity contribution in [1.29, 1.82) is 0 Å². The molecule has 1 aliphatic rings. The van der Waals surface area contributed by atoms with Gasteiger partial charge in [0.25, 0.3) is 0 Å². The van der Waals surface area contributed by atoms with Crippen LogP contribution in [0.1, 0.15) is 22.8 Å². The topological polar surface area (TPSA) is 36.9 Å². The molecule has 0 aromatic heterocycles. The number of aliphatic imine (C=N–C) groups is 1. The first-order valence-electron chi connectivity index (χ1n) is 7.41. The highest BCUT2D eigenvalue weighted by atomic mass is 127. The van der Waals surface area contributed by atoms with E-state index in [1.165, 1.54) is 16.7 Å². The van der Waals surface area contributed by atoms with Gasteiger partial charge in [-0.15, -0.1) is 30.6 Å². The van der Waals surface area contributed by atoms with Crippen LogP contribution < -0.4 is 5.32 Å². The molecule has 1 aromatic carbocycles. The van der Waals surface area contributed by atoms with Gasteiger partial charge in [0.1, 0.15) is 6.10 Å². The lowest BCUT2D eigenvalue weighted by Crippen LogP contribution is -2.48. The van der Waals surface area contributed by atoms with Gasteiger partial charge in [-0.25, -0.2) is 0 Å². The van der Waals surface area contributed by atoms with Gasteiger partial charge in [-0.1, -0.05) is 29.8 Å². The van der Waals surface area contributed by atoms with E-state index in [-0.39, 0.29) is 30.1 Å². The largest absolute Gasteiger partial charge is 0.370 e. The van der Waals surface area contributed by atoms with E-state index < -0.39 is 0 Å². The quantitative estimate of drug-likeness (QED) is 0.357. The molecule has 5 heteroatoms. The average Bonchev–Trinajstić information content (AvgIpc) is 2.48. The Bertz CT molecular complexity index is 531. The second kappa shape index (κ2) is 9.15. The van der Waals surface area contributed by atoms with Gasteiger partial charge in [0, 0.05) is 20.1 Å². The molecule has 1 aliphatic heterocycles. The first-order valence-corrected chi connectivity index (χ1v) is 7.41. The van der Waals surface area contributed by atoms with Crippen molar-refractivity contribution in [3.8, 4) is 0 Å². The fraction of sp³-hybridized carbons (Fsp3) is 0.471. The fourth-order valence-electron chi connectivity index (χ4n) is 2.71. The van der Waals surface area contributed by atoms with Crippen LogP contribution in [0.2, 0.25) is 0 Å². The molecule has 0 bridgehead atoms. The van der Waals surface area contributed by atoms with Crippen molar-refractivity contribution >= 4 is 29.9 Å². The Morgan fingerprint density at radius 1 is 1.50 bits per heavy atom. The molecule has 0 amide bonds. The average molecular weight is 415 g/mol. The molecule has 1 N–H and O–H groups in total. The van der Waals surface area contributed by atoms with Crippen LogP contribution in [0.5, 0.6) is 0 Å². The molecule has 0 radical (unpaired) electrons. The van der Waals surface area contributed by atoms with E-state index >= 15 is 0 Å². The number of ether oxygens (including phenoxy) is 1. The number of aryl methyl sites for hydroxylation is 2. The van der Waals surface area contributed by atoms with Gasteiger partial charge in [0.05, 0.1) is 13.2 Å². The molecule has 1 atom stereocenters. The first-order chi connectivity index (χ1) is 10.2. The molecular weight excluding hydrogens is 389 g/mol. The standard InChI is InChI=1S/C17H25N3O.HI/c1-5-8-19-17(18-4)20-9-10-21-16(12-20)15-7-6-13(2)11-14(15)3;/h5-7,11,16H,1,8-10,12H2,2-4H3,(H,18,19);1H. The second-order valence-corrected chi connectivity index (χ2v) is 5.38. The Balaban J connectivity index is 0.00000242. The van der Waals surface area contributed by atoms with Crippen LogP contribution in [-0.4, -0.2) is 44.1 Å². The molecule has 2 rings (SSSR count). The van der Waals surface area contributed by atoms with Crippen molar-refractivity contribution in [1.82, 2.24) is 10.2 Å². The maximum absolute atomic E-state index is 5.97. The van der Waals surface area contributed by atoms with Crippen molar-refractivity contribution in [2.75, 3.05) is 33.3 Å². The number of nitrogens with zero attached hydrogens (tertiary/aromatic N) is 2. The van der Waals surface area contributed by atoms with Crippen LogP contribution >= 0.6 is 24.0 Å². The molecule has 0 saturated carbocycles. The lowest BCUT2D eigenvalue weighted by molar-refractivity contribution is -0.00825. The number of hydrogen-bond donors (Lipinski definition) is 1. The predicted molar refractivity (Wildman–Crippen MR) is 103 cm³/mol. The summed E-state index contributed by atoms with van der Waals surface area (Å²) in [6, 6.07) is 6.54. The smallest absolute Gasteiger partial charge is 0.194 e. The van der Waals surface area contributed by atoms with Crippen LogP contribution in [-0.2, 0) is 4.74 Å². The van der Waals surface area contributed by atoms with Crippen molar-refractivity contribution < 1.29 is 4.74 Å². The number of halogens is 1. The summed E-state index contributed by atoms with van der Waals surface area (Å²) in [5, 5.41) is 3.29. The molecule has 1 fully saturated rings. The van der Waals surface area contributed by atoms with Gasteiger partial charge >= 0.3 is 0 Å². The molecule has 22 heavy (non-hydrogen) atoms. The van der Waals surface area contributed by atoms with E-state index in [0.717, 1.165) is 25.6 Å². The molecule has 1 aromatic rings. The van der Waals surface area contributed by atoms with Gasteiger partial charge < -0.3 is 15.0 Å². The lowest BCUT2D eigenvalue weighted by Gasteiger charge is -2.35. The number of benzene rings is 1. The van der Waals surface area contributed by atoms with E-state index in [4.69, 9.17) is 4.74 Å². The van der Waals surface area contributed by atoms with E-state index in [0.29, 0.717) is 6.61 Å². The summed E-state index contributed by atoms with van der Waals surface area (Å²) < 4.78 is 5.97. The Morgan fingerprint density at radius 2 is 2.27 bits per heavy atom. The SMILES string of the molecule is C=CCNC(=NC)N1CCOC(c2ccc(C)cc2C)C1.I. The number of rotatable bonds is 3. The number of nitrogens with one attached hydrogen (secondary N) is 1. The molecule has 1 heterocycles. The lowest BCUT2D eigenvalue weighted by atomic mass is 10.00. The molecule has 1 saturated heterocycles. The molecule has 0 spiro atoms. The Morgan fingerprint density at radius 3 is 2.91 bits per heavy atom. The number of morpholine rings is 1. The molecule has 4 nitrogen and oxygen atoms in total. The molecule has 0 aliphatic carbocycles. The third kappa shape index (κ3) is 4.71. The minimum atomic E-state index is 0. The van der Waals surface area contributed by atoms with Gasteiger partial charge in [-0.2, -0.15) is 0 Å². The van der Waals surface area contributed by atoms with Crippen LogP contribution in [0, 0.1) is 13.8 Å².